The maximum absolute atomic E-state index is 3.70. The summed E-state index contributed by atoms with van der Waals surface area (Å²) in [6, 6.07) is 19.3. The monoisotopic (exact) mass is 317 g/mol. The van der Waals surface area contributed by atoms with E-state index < -0.39 is 0 Å². The van der Waals surface area contributed by atoms with Crippen LogP contribution < -0.4 is 5.32 Å². The molecule has 1 N–H and O–H groups in total. The second-order valence-electron chi connectivity index (χ2n) is 7.39. The zero-order valence-electron chi connectivity index (χ0n) is 15.4. The van der Waals surface area contributed by atoms with E-state index in [9.17, 15) is 0 Å². The minimum Gasteiger partial charge on any atom is -0.376 e. The maximum Gasteiger partial charge on any atom is 0.0572 e. The van der Waals surface area contributed by atoms with E-state index >= 15 is 0 Å². The summed E-state index contributed by atoms with van der Waals surface area (Å²) in [5.41, 5.74) is 8.09. The molecule has 1 aliphatic carbocycles. The Labute approximate surface area is 146 Å². The van der Waals surface area contributed by atoms with Crippen LogP contribution in [0.3, 0.4) is 0 Å². The van der Waals surface area contributed by atoms with Crippen LogP contribution in [0, 0.1) is 0 Å². The lowest BCUT2D eigenvalue weighted by molar-refractivity contribution is 0.599. The van der Waals surface area contributed by atoms with E-state index in [0.29, 0.717) is 5.92 Å². The molecule has 0 saturated carbocycles. The topological polar surface area (TPSA) is 12.0 Å². The van der Waals surface area contributed by atoms with Gasteiger partial charge in [0.1, 0.15) is 0 Å². The van der Waals surface area contributed by atoms with Crippen molar-refractivity contribution in [3.8, 4) is 0 Å². The smallest absolute Gasteiger partial charge is 0.0572 e. The maximum atomic E-state index is 3.70. The average molecular weight is 317 g/mol. The first kappa shape index (κ1) is 16.6. The Morgan fingerprint density at radius 1 is 0.833 bits per heavy atom. The second-order valence-corrected chi connectivity index (χ2v) is 7.39. The molecule has 124 valence electrons. The van der Waals surface area contributed by atoms with Gasteiger partial charge in [0, 0.05) is 11.6 Å². The van der Waals surface area contributed by atoms with E-state index in [-0.39, 0.29) is 5.54 Å². The second kappa shape index (κ2) is 6.32. The summed E-state index contributed by atoms with van der Waals surface area (Å²) in [5.74, 6) is 0.401. The molecule has 1 unspecified atom stereocenters. The summed E-state index contributed by atoms with van der Waals surface area (Å²) in [5, 5.41) is 3.70. The predicted octanol–water partition coefficient (Wildman–Crippen LogP) is 6.41. The van der Waals surface area contributed by atoms with Gasteiger partial charge in [0.25, 0.3) is 0 Å². The molecule has 0 radical (unpaired) electrons. The van der Waals surface area contributed by atoms with Crippen LogP contribution in [0.2, 0.25) is 0 Å². The van der Waals surface area contributed by atoms with Crippen molar-refractivity contribution in [3.63, 3.8) is 0 Å². The molecule has 0 saturated heterocycles. The quantitative estimate of drug-likeness (QED) is 0.686. The number of hydrogen-bond donors (Lipinski definition) is 1. The van der Waals surface area contributed by atoms with Gasteiger partial charge in [-0.05, 0) is 57.9 Å². The van der Waals surface area contributed by atoms with E-state index in [1.807, 2.05) is 0 Å². The van der Waals surface area contributed by atoms with Crippen LogP contribution in [0.1, 0.15) is 51.7 Å². The van der Waals surface area contributed by atoms with Crippen molar-refractivity contribution in [2.75, 3.05) is 5.32 Å². The highest BCUT2D eigenvalue weighted by Crippen LogP contribution is 2.43. The van der Waals surface area contributed by atoms with Crippen LogP contribution in [-0.2, 0) is 5.54 Å². The van der Waals surface area contributed by atoms with Gasteiger partial charge in [0.2, 0.25) is 0 Å². The summed E-state index contributed by atoms with van der Waals surface area (Å²) >= 11 is 0. The molecule has 24 heavy (non-hydrogen) atoms. The fourth-order valence-electron chi connectivity index (χ4n) is 3.85. The van der Waals surface area contributed by atoms with Gasteiger partial charge in [0.05, 0.1) is 5.54 Å². The molecule has 3 rings (SSSR count). The van der Waals surface area contributed by atoms with E-state index in [2.05, 4.69) is 101 Å². The lowest BCUT2D eigenvalue weighted by Gasteiger charge is -2.32. The normalized spacial score (nSPS) is 17.9. The highest BCUT2D eigenvalue weighted by atomic mass is 15.0. The largest absolute Gasteiger partial charge is 0.376 e. The summed E-state index contributed by atoms with van der Waals surface area (Å²) in [7, 11) is 0. The highest BCUT2D eigenvalue weighted by Gasteiger charge is 2.30. The van der Waals surface area contributed by atoms with Crippen molar-refractivity contribution in [1.29, 1.82) is 0 Å². The van der Waals surface area contributed by atoms with Crippen molar-refractivity contribution < 1.29 is 0 Å². The number of rotatable bonds is 4. The van der Waals surface area contributed by atoms with Gasteiger partial charge < -0.3 is 5.32 Å². The molecule has 0 fully saturated rings. The molecule has 0 spiro atoms. The summed E-state index contributed by atoms with van der Waals surface area (Å²) < 4.78 is 0. The Balaban J connectivity index is 2.02. The standard InChI is InChI=1S/C23H27N/c1-16-15-17(2)22(18(16)3)20-13-9-10-14-21(20)23(4,5)24-19-11-7-6-8-12-19/h6-15,22,24H,1-5H3. The fourth-order valence-corrected chi connectivity index (χ4v) is 3.85. The van der Waals surface area contributed by atoms with Crippen molar-refractivity contribution in [2.45, 2.75) is 46.1 Å². The molecule has 1 heteroatoms. The Bertz CT molecular complexity index is 794. The minimum atomic E-state index is -0.144. The van der Waals surface area contributed by atoms with Crippen LogP contribution in [0.15, 0.2) is 77.4 Å². The summed E-state index contributed by atoms with van der Waals surface area (Å²) in [4.78, 5) is 0. The number of anilines is 1. The van der Waals surface area contributed by atoms with E-state index in [4.69, 9.17) is 0 Å². The Morgan fingerprint density at radius 2 is 1.46 bits per heavy atom. The molecule has 0 heterocycles. The Morgan fingerprint density at radius 3 is 2.08 bits per heavy atom. The van der Waals surface area contributed by atoms with Gasteiger partial charge in [0.15, 0.2) is 0 Å². The number of para-hydroxylation sites is 1. The summed E-state index contributed by atoms with van der Waals surface area (Å²) in [6.45, 7) is 11.3. The van der Waals surface area contributed by atoms with Crippen LogP contribution in [-0.4, -0.2) is 0 Å². The Kier molecular flexibility index (Phi) is 4.36. The molecule has 1 nitrogen and oxygen atoms in total. The molecule has 0 amide bonds. The highest BCUT2D eigenvalue weighted by molar-refractivity contribution is 5.55. The van der Waals surface area contributed by atoms with E-state index in [0.717, 1.165) is 5.69 Å². The molecule has 0 bridgehead atoms. The van der Waals surface area contributed by atoms with Crippen LogP contribution >= 0.6 is 0 Å². The van der Waals surface area contributed by atoms with Crippen molar-refractivity contribution in [2.24, 2.45) is 0 Å². The number of benzene rings is 2. The van der Waals surface area contributed by atoms with Crippen molar-refractivity contribution in [3.05, 3.63) is 88.5 Å². The molecule has 2 aromatic rings. The van der Waals surface area contributed by atoms with Gasteiger partial charge in [-0.15, -0.1) is 0 Å². The van der Waals surface area contributed by atoms with Gasteiger partial charge in [-0.3, -0.25) is 0 Å². The Hall–Kier alpha value is -2.28. The van der Waals surface area contributed by atoms with Crippen LogP contribution in [0.5, 0.6) is 0 Å². The van der Waals surface area contributed by atoms with Gasteiger partial charge in [-0.2, -0.15) is 0 Å². The van der Waals surface area contributed by atoms with E-state index in [1.54, 1.807) is 0 Å². The SMILES string of the molecule is CC1=CC(C)=C(C)C1c1ccccc1C(C)(C)Nc1ccccc1. The lowest BCUT2D eigenvalue weighted by atomic mass is 9.80. The number of nitrogens with one attached hydrogen (secondary N) is 1. The minimum absolute atomic E-state index is 0.144. The van der Waals surface area contributed by atoms with Crippen LogP contribution in [0.25, 0.3) is 0 Å². The third-order valence-electron chi connectivity index (χ3n) is 5.13. The molecule has 1 atom stereocenters. The average Bonchev–Trinajstić information content (AvgIpc) is 2.80. The lowest BCUT2D eigenvalue weighted by Crippen LogP contribution is -2.30. The molecular weight excluding hydrogens is 290 g/mol. The number of allylic oxidation sites excluding steroid dienone is 4. The third-order valence-corrected chi connectivity index (χ3v) is 5.13. The molecule has 2 aromatic carbocycles. The molecule has 0 aliphatic heterocycles. The third kappa shape index (κ3) is 3.03. The zero-order valence-corrected chi connectivity index (χ0v) is 15.4. The first-order valence-electron chi connectivity index (χ1n) is 8.68. The summed E-state index contributed by atoms with van der Waals surface area (Å²) in [6.07, 6.45) is 2.33. The van der Waals surface area contributed by atoms with Crippen LogP contribution in [0.4, 0.5) is 5.69 Å². The van der Waals surface area contributed by atoms with E-state index in [1.165, 1.54) is 27.8 Å². The van der Waals surface area contributed by atoms with Gasteiger partial charge in [-0.25, -0.2) is 0 Å². The van der Waals surface area contributed by atoms with Crippen molar-refractivity contribution >= 4 is 5.69 Å². The number of hydrogen-bond acceptors (Lipinski definition) is 1. The molecule has 0 aromatic heterocycles. The first-order chi connectivity index (χ1) is 11.4. The zero-order chi connectivity index (χ0) is 17.3. The fraction of sp³-hybridized carbons (Fsp3) is 0.304. The van der Waals surface area contributed by atoms with Gasteiger partial charge in [-0.1, -0.05) is 65.3 Å². The van der Waals surface area contributed by atoms with Gasteiger partial charge >= 0.3 is 0 Å². The predicted molar refractivity (Wildman–Crippen MR) is 104 cm³/mol. The van der Waals surface area contributed by atoms with Crippen molar-refractivity contribution in [1.82, 2.24) is 0 Å². The molecule has 1 aliphatic rings. The first-order valence-corrected chi connectivity index (χ1v) is 8.68. The molecular formula is C23H27N.